The number of pyridine rings is 1. The van der Waals surface area contributed by atoms with Gasteiger partial charge in [0.25, 0.3) is 5.91 Å². The molecule has 0 bridgehead atoms. The lowest BCUT2D eigenvalue weighted by Gasteiger charge is -2.07. The molecule has 0 fully saturated rings. The molecule has 0 saturated heterocycles. The molecule has 0 aliphatic carbocycles. The third-order valence-corrected chi connectivity index (χ3v) is 3.36. The molecule has 3 rings (SSSR count). The van der Waals surface area contributed by atoms with Gasteiger partial charge in [0.2, 0.25) is 5.82 Å². The molecule has 2 aromatic heterocycles. The fraction of sp³-hybridized carbons (Fsp3) is 0.176. The highest BCUT2D eigenvalue weighted by molar-refractivity contribution is 5.94. The highest BCUT2D eigenvalue weighted by atomic mass is 19.4. The quantitative estimate of drug-likeness (QED) is 0.664. The molecule has 2 heterocycles. The van der Waals surface area contributed by atoms with Gasteiger partial charge >= 0.3 is 12.1 Å². The molecule has 27 heavy (non-hydrogen) atoms. The zero-order valence-corrected chi connectivity index (χ0v) is 13.7. The predicted octanol–water partition coefficient (Wildman–Crippen LogP) is 2.96. The second-order valence-electron chi connectivity index (χ2n) is 5.29. The fourth-order valence-electron chi connectivity index (χ4n) is 2.09. The summed E-state index contributed by atoms with van der Waals surface area (Å²) in [5.41, 5.74) is 0.630. The molecular formula is C17H13F3N4O3. The number of nitrogens with one attached hydrogen (secondary N) is 1. The maximum atomic E-state index is 12.5. The van der Waals surface area contributed by atoms with Crippen molar-refractivity contribution >= 4 is 5.91 Å². The summed E-state index contributed by atoms with van der Waals surface area (Å²) in [6, 6.07) is 9.26. The van der Waals surface area contributed by atoms with Gasteiger partial charge in [-0.1, -0.05) is 17.3 Å². The Morgan fingerprint density at radius 1 is 1.19 bits per heavy atom. The molecule has 7 nitrogen and oxygen atoms in total. The average molecular weight is 378 g/mol. The van der Waals surface area contributed by atoms with E-state index in [4.69, 9.17) is 4.74 Å². The Morgan fingerprint density at radius 3 is 2.59 bits per heavy atom. The van der Waals surface area contributed by atoms with E-state index in [1.807, 2.05) is 0 Å². The first kappa shape index (κ1) is 18.4. The van der Waals surface area contributed by atoms with Crippen LogP contribution < -0.4 is 10.1 Å². The summed E-state index contributed by atoms with van der Waals surface area (Å²) in [5, 5.41) is 5.96. The van der Waals surface area contributed by atoms with Crippen molar-refractivity contribution in [3.8, 4) is 17.1 Å². The molecule has 1 N–H and O–H groups in total. The first-order valence-electron chi connectivity index (χ1n) is 7.76. The van der Waals surface area contributed by atoms with Crippen LogP contribution in [0.15, 0.2) is 53.3 Å². The van der Waals surface area contributed by atoms with Crippen molar-refractivity contribution in [2.45, 2.75) is 6.18 Å². The lowest BCUT2D eigenvalue weighted by atomic mass is 10.1. The molecule has 3 aromatic rings. The lowest BCUT2D eigenvalue weighted by Crippen LogP contribution is -2.28. The van der Waals surface area contributed by atoms with Gasteiger partial charge in [-0.25, -0.2) is 0 Å². The van der Waals surface area contributed by atoms with Crippen LogP contribution in [0, 0.1) is 0 Å². The first-order chi connectivity index (χ1) is 12.9. The Morgan fingerprint density at radius 2 is 1.96 bits per heavy atom. The van der Waals surface area contributed by atoms with Gasteiger partial charge in [0, 0.05) is 17.3 Å². The number of rotatable bonds is 6. The summed E-state index contributed by atoms with van der Waals surface area (Å²) in [5.74, 6) is -1.39. The summed E-state index contributed by atoms with van der Waals surface area (Å²) >= 11 is 0. The molecule has 0 unspecified atom stereocenters. The maximum absolute atomic E-state index is 12.5. The van der Waals surface area contributed by atoms with Crippen molar-refractivity contribution in [2.24, 2.45) is 0 Å². The summed E-state index contributed by atoms with van der Waals surface area (Å²) in [4.78, 5) is 19.3. The Balaban J connectivity index is 1.53. The number of hydrogen-bond donors (Lipinski definition) is 1. The van der Waals surface area contributed by atoms with Crippen LogP contribution in [0.2, 0.25) is 0 Å². The summed E-state index contributed by atoms with van der Waals surface area (Å²) in [7, 11) is 0. The smallest absolute Gasteiger partial charge is 0.471 e. The molecular weight excluding hydrogens is 365 g/mol. The van der Waals surface area contributed by atoms with Crippen LogP contribution in [-0.2, 0) is 6.18 Å². The standard InChI is InChI=1S/C17H13F3N4O3/c18-17(19,20)16-23-14(24-27-16)11-3-5-12(6-4-11)15(25)22-8-9-26-13-2-1-7-21-10-13/h1-7,10H,8-9H2,(H,22,25). The number of benzene rings is 1. The third-order valence-electron chi connectivity index (χ3n) is 3.36. The lowest BCUT2D eigenvalue weighted by molar-refractivity contribution is -0.159. The normalized spacial score (nSPS) is 11.2. The topological polar surface area (TPSA) is 90.1 Å². The molecule has 1 amide bonds. The van der Waals surface area contributed by atoms with Crippen molar-refractivity contribution in [3.05, 3.63) is 60.2 Å². The minimum Gasteiger partial charge on any atom is -0.490 e. The van der Waals surface area contributed by atoms with Crippen molar-refractivity contribution in [2.75, 3.05) is 13.2 Å². The van der Waals surface area contributed by atoms with Crippen LogP contribution in [0.3, 0.4) is 0 Å². The van der Waals surface area contributed by atoms with Gasteiger partial charge in [-0.15, -0.1) is 0 Å². The number of ether oxygens (including phenoxy) is 1. The second-order valence-corrected chi connectivity index (χ2v) is 5.29. The molecule has 0 atom stereocenters. The SMILES string of the molecule is O=C(NCCOc1cccnc1)c1ccc(-c2noc(C(F)(F)F)n2)cc1. The Labute approximate surface area is 151 Å². The molecule has 0 saturated carbocycles. The van der Waals surface area contributed by atoms with Gasteiger partial charge in [0.1, 0.15) is 12.4 Å². The van der Waals surface area contributed by atoms with Crippen molar-refractivity contribution in [3.63, 3.8) is 0 Å². The van der Waals surface area contributed by atoms with E-state index in [2.05, 4.69) is 25.0 Å². The van der Waals surface area contributed by atoms with Gasteiger partial charge < -0.3 is 14.6 Å². The van der Waals surface area contributed by atoms with E-state index in [0.717, 1.165) is 0 Å². The summed E-state index contributed by atoms with van der Waals surface area (Å²) in [6.45, 7) is 0.536. The van der Waals surface area contributed by atoms with E-state index >= 15 is 0 Å². The van der Waals surface area contributed by atoms with Crippen LogP contribution in [0.25, 0.3) is 11.4 Å². The molecule has 0 aliphatic rings. The van der Waals surface area contributed by atoms with E-state index in [9.17, 15) is 18.0 Å². The van der Waals surface area contributed by atoms with E-state index < -0.39 is 12.1 Å². The number of halogens is 3. The number of hydrogen-bond acceptors (Lipinski definition) is 6. The summed E-state index contributed by atoms with van der Waals surface area (Å²) < 4.78 is 47.0. The number of alkyl halides is 3. The average Bonchev–Trinajstić information content (AvgIpc) is 3.17. The van der Waals surface area contributed by atoms with Gasteiger partial charge in [-0.3, -0.25) is 9.78 Å². The Bertz CT molecular complexity index is 896. The molecule has 0 aliphatic heterocycles. The van der Waals surface area contributed by atoms with E-state index in [-0.39, 0.29) is 24.9 Å². The van der Waals surface area contributed by atoms with E-state index in [0.29, 0.717) is 16.9 Å². The van der Waals surface area contributed by atoms with Gasteiger partial charge in [-0.05, 0) is 24.3 Å². The van der Waals surface area contributed by atoms with E-state index in [1.54, 1.807) is 24.5 Å². The summed E-state index contributed by atoms with van der Waals surface area (Å²) in [6.07, 6.45) is -1.53. The zero-order chi connectivity index (χ0) is 19.3. The molecule has 0 radical (unpaired) electrons. The van der Waals surface area contributed by atoms with Crippen LogP contribution in [0.4, 0.5) is 13.2 Å². The second kappa shape index (κ2) is 7.85. The number of carbonyl (C=O) groups excluding carboxylic acids is 1. The first-order valence-corrected chi connectivity index (χ1v) is 7.76. The highest BCUT2D eigenvalue weighted by Gasteiger charge is 2.38. The Hall–Kier alpha value is -3.43. The van der Waals surface area contributed by atoms with Crippen molar-refractivity contribution in [1.29, 1.82) is 0 Å². The third kappa shape index (κ3) is 4.81. The number of nitrogens with zero attached hydrogens (tertiary/aromatic N) is 3. The van der Waals surface area contributed by atoms with E-state index in [1.165, 1.54) is 24.3 Å². The van der Waals surface area contributed by atoms with Gasteiger partial charge in [0.15, 0.2) is 0 Å². The van der Waals surface area contributed by atoms with Crippen LogP contribution in [0.5, 0.6) is 5.75 Å². The maximum Gasteiger partial charge on any atom is 0.471 e. The van der Waals surface area contributed by atoms with Crippen LogP contribution in [-0.4, -0.2) is 34.2 Å². The number of aromatic nitrogens is 3. The Kier molecular flexibility index (Phi) is 5.34. The number of carbonyl (C=O) groups is 1. The minimum atomic E-state index is -4.71. The van der Waals surface area contributed by atoms with Gasteiger partial charge in [0.05, 0.1) is 12.7 Å². The largest absolute Gasteiger partial charge is 0.490 e. The monoisotopic (exact) mass is 378 g/mol. The highest BCUT2D eigenvalue weighted by Crippen LogP contribution is 2.29. The van der Waals surface area contributed by atoms with Crippen LogP contribution >= 0.6 is 0 Å². The van der Waals surface area contributed by atoms with Crippen LogP contribution in [0.1, 0.15) is 16.2 Å². The number of amides is 1. The molecule has 140 valence electrons. The molecule has 0 spiro atoms. The minimum absolute atomic E-state index is 0.209. The fourth-order valence-corrected chi connectivity index (χ4v) is 2.09. The van der Waals surface area contributed by atoms with Gasteiger partial charge in [-0.2, -0.15) is 18.2 Å². The van der Waals surface area contributed by atoms with Crippen molar-refractivity contribution in [1.82, 2.24) is 20.4 Å². The zero-order valence-electron chi connectivity index (χ0n) is 13.7. The van der Waals surface area contributed by atoms with Crippen molar-refractivity contribution < 1.29 is 27.2 Å². The molecule has 1 aromatic carbocycles. The predicted molar refractivity (Wildman–Crippen MR) is 86.8 cm³/mol. The molecule has 10 heteroatoms.